The topological polar surface area (TPSA) is 20.2 Å². The van der Waals surface area contributed by atoms with Crippen molar-refractivity contribution in [1.82, 2.24) is 0 Å². The molecule has 0 aliphatic carbocycles. The zero-order valence-electron chi connectivity index (χ0n) is 7.77. The van der Waals surface area contributed by atoms with Crippen LogP contribution in [0.2, 0.25) is 0 Å². The second-order valence-corrected chi connectivity index (χ2v) is 3.09. The quantitative estimate of drug-likeness (QED) is 0.698. The van der Waals surface area contributed by atoms with E-state index in [0.29, 0.717) is 0 Å². The molecule has 13 heavy (non-hydrogen) atoms. The van der Waals surface area contributed by atoms with Crippen molar-refractivity contribution in [2.75, 3.05) is 0 Å². The maximum absolute atomic E-state index is 9.82. The SMILES string of the molecule is C=C=C[C@H](C)[C@@H](O)c1ccccc1. The highest BCUT2D eigenvalue weighted by molar-refractivity contribution is 5.18. The average molecular weight is 174 g/mol. The van der Waals surface area contributed by atoms with Gasteiger partial charge in [0.15, 0.2) is 0 Å². The number of rotatable bonds is 3. The largest absolute Gasteiger partial charge is 0.388 e. The molecule has 68 valence electrons. The van der Waals surface area contributed by atoms with Crippen molar-refractivity contribution >= 4 is 0 Å². The van der Waals surface area contributed by atoms with Crippen LogP contribution in [0.3, 0.4) is 0 Å². The molecule has 0 saturated heterocycles. The third kappa shape index (κ3) is 2.59. The Kier molecular flexibility index (Phi) is 3.51. The van der Waals surface area contributed by atoms with E-state index < -0.39 is 6.10 Å². The summed E-state index contributed by atoms with van der Waals surface area (Å²) in [5, 5.41) is 9.82. The summed E-state index contributed by atoms with van der Waals surface area (Å²) in [4.78, 5) is 0. The van der Waals surface area contributed by atoms with Gasteiger partial charge < -0.3 is 5.11 Å². The van der Waals surface area contributed by atoms with Crippen LogP contribution in [-0.2, 0) is 0 Å². The number of hydrogen-bond donors (Lipinski definition) is 1. The van der Waals surface area contributed by atoms with Crippen molar-refractivity contribution in [1.29, 1.82) is 0 Å². The van der Waals surface area contributed by atoms with Crippen molar-refractivity contribution in [3.8, 4) is 0 Å². The molecule has 0 aliphatic heterocycles. The summed E-state index contributed by atoms with van der Waals surface area (Å²) in [6, 6.07) is 9.60. The lowest BCUT2D eigenvalue weighted by Crippen LogP contribution is -2.05. The Balaban J connectivity index is 2.79. The van der Waals surface area contributed by atoms with E-state index in [1.54, 1.807) is 6.08 Å². The van der Waals surface area contributed by atoms with Gasteiger partial charge in [0.05, 0.1) is 6.10 Å². The van der Waals surface area contributed by atoms with Gasteiger partial charge in [-0.3, -0.25) is 0 Å². The molecule has 1 rings (SSSR count). The van der Waals surface area contributed by atoms with E-state index in [0.717, 1.165) is 5.56 Å². The molecule has 1 aromatic rings. The summed E-state index contributed by atoms with van der Waals surface area (Å²) >= 11 is 0. The summed E-state index contributed by atoms with van der Waals surface area (Å²) in [6.07, 6.45) is 1.31. The van der Waals surface area contributed by atoms with Crippen LogP contribution in [0.4, 0.5) is 0 Å². The zero-order valence-corrected chi connectivity index (χ0v) is 7.77. The summed E-state index contributed by atoms with van der Waals surface area (Å²) in [5.74, 6) is 0.0555. The molecule has 1 heteroatoms. The van der Waals surface area contributed by atoms with Crippen LogP contribution in [-0.4, -0.2) is 5.11 Å². The highest BCUT2D eigenvalue weighted by Gasteiger charge is 2.12. The average Bonchev–Trinajstić information content (AvgIpc) is 2.18. The van der Waals surface area contributed by atoms with Crippen molar-refractivity contribution in [3.63, 3.8) is 0 Å². The third-order valence-electron chi connectivity index (χ3n) is 2.02. The van der Waals surface area contributed by atoms with Gasteiger partial charge in [-0.2, -0.15) is 0 Å². The van der Waals surface area contributed by atoms with Gasteiger partial charge in [-0.25, -0.2) is 0 Å². The molecule has 0 heterocycles. The van der Waals surface area contributed by atoms with Gasteiger partial charge in [-0.1, -0.05) is 43.8 Å². The van der Waals surface area contributed by atoms with Crippen molar-refractivity contribution in [2.24, 2.45) is 5.92 Å². The second-order valence-electron chi connectivity index (χ2n) is 3.09. The lowest BCUT2D eigenvalue weighted by Gasteiger charge is -2.14. The van der Waals surface area contributed by atoms with Gasteiger partial charge >= 0.3 is 0 Å². The third-order valence-corrected chi connectivity index (χ3v) is 2.02. The van der Waals surface area contributed by atoms with Crippen LogP contribution >= 0.6 is 0 Å². The lowest BCUT2D eigenvalue weighted by molar-refractivity contribution is 0.140. The van der Waals surface area contributed by atoms with Crippen molar-refractivity contribution in [3.05, 3.63) is 54.3 Å². The fourth-order valence-corrected chi connectivity index (χ4v) is 1.23. The molecule has 1 N–H and O–H groups in total. The van der Waals surface area contributed by atoms with Crippen LogP contribution in [0.15, 0.2) is 48.7 Å². The van der Waals surface area contributed by atoms with E-state index in [1.807, 2.05) is 37.3 Å². The van der Waals surface area contributed by atoms with E-state index >= 15 is 0 Å². The van der Waals surface area contributed by atoms with Crippen LogP contribution < -0.4 is 0 Å². The molecule has 2 atom stereocenters. The standard InChI is InChI=1S/C12H14O/c1-3-7-10(2)12(13)11-8-5-4-6-9-11/h4-10,12-13H,1H2,2H3/t10-,12+/m0/s1. The number of aliphatic hydroxyl groups excluding tert-OH is 1. The molecular weight excluding hydrogens is 160 g/mol. The first kappa shape index (κ1) is 9.79. The Hall–Kier alpha value is -1.30. The Morgan fingerprint density at radius 3 is 2.54 bits per heavy atom. The van der Waals surface area contributed by atoms with E-state index in [9.17, 15) is 5.11 Å². The Labute approximate surface area is 79.0 Å². The lowest BCUT2D eigenvalue weighted by atomic mass is 9.98. The fraction of sp³-hybridized carbons (Fsp3) is 0.250. The van der Waals surface area contributed by atoms with Gasteiger partial charge in [0.2, 0.25) is 0 Å². The first-order chi connectivity index (χ1) is 6.25. The van der Waals surface area contributed by atoms with Gasteiger partial charge in [-0.15, -0.1) is 5.73 Å². The molecule has 0 aliphatic rings. The van der Waals surface area contributed by atoms with E-state index in [2.05, 4.69) is 12.3 Å². The molecule has 0 amide bonds. The fourth-order valence-electron chi connectivity index (χ4n) is 1.23. The smallest absolute Gasteiger partial charge is 0.0856 e. The van der Waals surface area contributed by atoms with E-state index in [1.165, 1.54) is 0 Å². The summed E-state index contributed by atoms with van der Waals surface area (Å²) in [7, 11) is 0. The monoisotopic (exact) mass is 174 g/mol. The predicted octanol–water partition coefficient (Wildman–Crippen LogP) is 2.70. The normalized spacial score (nSPS) is 14.3. The van der Waals surface area contributed by atoms with Crippen LogP contribution in [0.5, 0.6) is 0 Å². The minimum atomic E-state index is -0.463. The van der Waals surface area contributed by atoms with Crippen LogP contribution in [0, 0.1) is 5.92 Å². The minimum Gasteiger partial charge on any atom is -0.388 e. The Bertz CT molecular complexity index is 296. The van der Waals surface area contributed by atoms with Gasteiger partial charge in [-0.05, 0) is 11.6 Å². The first-order valence-electron chi connectivity index (χ1n) is 4.34. The highest BCUT2D eigenvalue weighted by Crippen LogP contribution is 2.21. The maximum atomic E-state index is 9.82. The number of benzene rings is 1. The molecule has 0 aromatic heterocycles. The van der Waals surface area contributed by atoms with E-state index in [-0.39, 0.29) is 5.92 Å². The van der Waals surface area contributed by atoms with Gasteiger partial charge in [0.25, 0.3) is 0 Å². The van der Waals surface area contributed by atoms with Crippen molar-refractivity contribution < 1.29 is 5.11 Å². The second kappa shape index (κ2) is 4.66. The number of aliphatic hydroxyl groups is 1. The summed E-state index contributed by atoms with van der Waals surface area (Å²) in [5.41, 5.74) is 3.62. The molecule has 0 spiro atoms. The molecule has 1 nitrogen and oxygen atoms in total. The summed E-state index contributed by atoms with van der Waals surface area (Å²) in [6.45, 7) is 5.43. The first-order valence-corrected chi connectivity index (χ1v) is 4.34. The predicted molar refractivity (Wildman–Crippen MR) is 54.3 cm³/mol. The van der Waals surface area contributed by atoms with Crippen LogP contribution in [0.1, 0.15) is 18.6 Å². The molecule has 0 bridgehead atoms. The minimum absolute atomic E-state index is 0.0555. The van der Waals surface area contributed by atoms with E-state index in [4.69, 9.17) is 0 Å². The molecule has 1 aromatic carbocycles. The Morgan fingerprint density at radius 2 is 2.00 bits per heavy atom. The molecular formula is C12H14O. The molecule has 0 saturated carbocycles. The van der Waals surface area contributed by atoms with Crippen LogP contribution in [0.25, 0.3) is 0 Å². The van der Waals surface area contributed by atoms with Gasteiger partial charge in [0.1, 0.15) is 0 Å². The molecule has 0 radical (unpaired) electrons. The summed E-state index contributed by atoms with van der Waals surface area (Å²) < 4.78 is 0. The Morgan fingerprint density at radius 1 is 1.38 bits per heavy atom. The zero-order chi connectivity index (χ0) is 9.68. The number of hydrogen-bond acceptors (Lipinski definition) is 1. The van der Waals surface area contributed by atoms with Gasteiger partial charge in [0, 0.05) is 5.92 Å². The highest BCUT2D eigenvalue weighted by atomic mass is 16.3. The molecule has 0 unspecified atom stereocenters. The molecule has 0 fully saturated rings. The maximum Gasteiger partial charge on any atom is 0.0856 e. The van der Waals surface area contributed by atoms with Crippen molar-refractivity contribution in [2.45, 2.75) is 13.0 Å².